The number of amides is 3. The highest BCUT2D eigenvalue weighted by atomic mass is 19.1. The summed E-state index contributed by atoms with van der Waals surface area (Å²) < 4.78 is 14.5. The highest BCUT2D eigenvalue weighted by Gasteiger charge is 2.41. The van der Waals surface area contributed by atoms with E-state index in [-0.39, 0.29) is 12.3 Å². The zero-order valence-electron chi connectivity index (χ0n) is 17.3. The Hall–Kier alpha value is -1.96. The van der Waals surface area contributed by atoms with Crippen LogP contribution < -0.4 is 10.8 Å². The second-order valence-electron chi connectivity index (χ2n) is 7.97. The van der Waals surface area contributed by atoms with Gasteiger partial charge in [-0.1, -0.05) is 31.4 Å². The van der Waals surface area contributed by atoms with Gasteiger partial charge in [-0.2, -0.15) is 0 Å². The Morgan fingerprint density at radius 2 is 2.10 bits per heavy atom. The van der Waals surface area contributed by atoms with Crippen LogP contribution in [0.2, 0.25) is 0 Å². The lowest BCUT2D eigenvalue weighted by molar-refractivity contribution is -0.149. The van der Waals surface area contributed by atoms with Crippen molar-refractivity contribution >= 4 is 17.7 Å². The molecule has 0 saturated carbocycles. The van der Waals surface area contributed by atoms with E-state index in [2.05, 4.69) is 11.4 Å². The van der Waals surface area contributed by atoms with Gasteiger partial charge in [0, 0.05) is 13.1 Å². The Bertz CT molecular complexity index is 611. The van der Waals surface area contributed by atoms with E-state index in [1.165, 1.54) is 28.8 Å². The topological polar surface area (TPSA) is 98.7 Å². The molecule has 164 valence electrons. The Morgan fingerprint density at radius 1 is 1.31 bits per heavy atom. The number of halogens is 1. The van der Waals surface area contributed by atoms with Gasteiger partial charge in [0.1, 0.15) is 6.04 Å². The molecule has 1 fully saturated rings. The Balaban J connectivity index is 1.96. The van der Waals surface area contributed by atoms with E-state index in [1.54, 1.807) is 0 Å². The molecule has 1 aliphatic heterocycles. The fraction of sp³-hybridized carbons (Fsp3) is 0.762. The SMILES string of the molecule is CCCCC(C(=O)N1CCCC1C(=O)NCCC1=CCCCC1)C(F)C(=O)NO. The van der Waals surface area contributed by atoms with Crippen LogP contribution in [0.25, 0.3) is 0 Å². The molecule has 3 N–H and O–H groups in total. The van der Waals surface area contributed by atoms with E-state index < -0.39 is 29.9 Å². The average molecular weight is 412 g/mol. The molecular weight excluding hydrogens is 377 g/mol. The molecule has 0 aromatic heterocycles. The molecule has 29 heavy (non-hydrogen) atoms. The molecule has 3 amide bonds. The quantitative estimate of drug-likeness (QED) is 0.292. The number of likely N-dealkylation sites (tertiary alicyclic amines) is 1. The van der Waals surface area contributed by atoms with Crippen LogP contribution in [0, 0.1) is 5.92 Å². The van der Waals surface area contributed by atoms with Gasteiger partial charge in [0.15, 0.2) is 6.17 Å². The van der Waals surface area contributed by atoms with Crippen molar-refractivity contribution in [2.24, 2.45) is 5.92 Å². The van der Waals surface area contributed by atoms with Gasteiger partial charge in [0.25, 0.3) is 5.91 Å². The summed E-state index contributed by atoms with van der Waals surface area (Å²) in [4.78, 5) is 38.6. The second kappa shape index (κ2) is 11.9. The molecule has 0 aromatic rings. The predicted molar refractivity (Wildman–Crippen MR) is 107 cm³/mol. The first-order valence-corrected chi connectivity index (χ1v) is 10.8. The van der Waals surface area contributed by atoms with E-state index in [9.17, 15) is 18.8 Å². The third-order valence-corrected chi connectivity index (χ3v) is 5.87. The van der Waals surface area contributed by atoms with Gasteiger partial charge in [-0.05, 0) is 51.4 Å². The molecule has 3 atom stereocenters. The summed E-state index contributed by atoms with van der Waals surface area (Å²) in [6.07, 6.45) is 8.22. The first kappa shape index (κ1) is 23.3. The molecule has 1 heterocycles. The highest BCUT2D eigenvalue weighted by Crippen LogP contribution is 2.26. The summed E-state index contributed by atoms with van der Waals surface area (Å²) in [7, 11) is 0. The molecule has 2 aliphatic rings. The summed E-state index contributed by atoms with van der Waals surface area (Å²) in [5.41, 5.74) is 2.66. The number of alkyl halides is 1. The maximum atomic E-state index is 14.5. The van der Waals surface area contributed by atoms with Crippen LogP contribution >= 0.6 is 0 Å². The number of nitrogens with zero attached hydrogens (tertiary/aromatic N) is 1. The lowest BCUT2D eigenvalue weighted by Crippen LogP contribution is -2.51. The molecule has 0 radical (unpaired) electrons. The van der Waals surface area contributed by atoms with Crippen LogP contribution in [-0.2, 0) is 14.4 Å². The maximum absolute atomic E-state index is 14.5. The van der Waals surface area contributed by atoms with Crippen molar-refractivity contribution in [2.75, 3.05) is 13.1 Å². The van der Waals surface area contributed by atoms with Crippen molar-refractivity contribution < 1.29 is 24.0 Å². The van der Waals surface area contributed by atoms with E-state index in [4.69, 9.17) is 5.21 Å². The van der Waals surface area contributed by atoms with Gasteiger partial charge in [0.05, 0.1) is 5.92 Å². The number of rotatable bonds is 10. The Morgan fingerprint density at radius 3 is 2.76 bits per heavy atom. The van der Waals surface area contributed by atoms with E-state index in [1.807, 2.05) is 6.92 Å². The number of nitrogens with one attached hydrogen (secondary N) is 2. The first-order chi connectivity index (χ1) is 14.0. The van der Waals surface area contributed by atoms with Crippen LogP contribution in [0.4, 0.5) is 4.39 Å². The minimum Gasteiger partial charge on any atom is -0.354 e. The summed E-state index contributed by atoms with van der Waals surface area (Å²) >= 11 is 0. The number of hydrogen-bond donors (Lipinski definition) is 3. The minimum atomic E-state index is -2.14. The molecule has 0 aromatic carbocycles. The van der Waals surface area contributed by atoms with Gasteiger partial charge < -0.3 is 10.2 Å². The van der Waals surface area contributed by atoms with Crippen LogP contribution in [0.3, 0.4) is 0 Å². The molecule has 0 spiro atoms. The first-order valence-electron chi connectivity index (χ1n) is 10.8. The Kier molecular flexibility index (Phi) is 9.57. The second-order valence-corrected chi connectivity index (χ2v) is 7.97. The lowest BCUT2D eigenvalue weighted by atomic mass is 9.94. The predicted octanol–water partition coefficient (Wildman–Crippen LogP) is 2.63. The van der Waals surface area contributed by atoms with Crippen LogP contribution in [0.1, 0.15) is 71.1 Å². The van der Waals surface area contributed by atoms with E-state index in [0.29, 0.717) is 32.4 Å². The van der Waals surface area contributed by atoms with E-state index in [0.717, 1.165) is 25.7 Å². The smallest absolute Gasteiger partial charge is 0.278 e. The maximum Gasteiger partial charge on any atom is 0.278 e. The van der Waals surface area contributed by atoms with Crippen molar-refractivity contribution in [1.29, 1.82) is 0 Å². The van der Waals surface area contributed by atoms with Gasteiger partial charge in [0.2, 0.25) is 11.8 Å². The van der Waals surface area contributed by atoms with Crippen molar-refractivity contribution in [1.82, 2.24) is 15.7 Å². The third-order valence-electron chi connectivity index (χ3n) is 5.87. The summed E-state index contributed by atoms with van der Waals surface area (Å²) in [6.45, 7) is 2.81. The molecule has 1 aliphatic carbocycles. The minimum absolute atomic E-state index is 0.197. The van der Waals surface area contributed by atoms with Crippen LogP contribution in [-0.4, -0.2) is 53.1 Å². The van der Waals surface area contributed by atoms with Crippen molar-refractivity contribution in [3.8, 4) is 0 Å². The Labute approximate surface area is 172 Å². The summed E-state index contributed by atoms with van der Waals surface area (Å²) in [5.74, 6) is -3.16. The zero-order valence-corrected chi connectivity index (χ0v) is 17.3. The lowest BCUT2D eigenvalue weighted by Gasteiger charge is -2.29. The van der Waals surface area contributed by atoms with E-state index >= 15 is 0 Å². The van der Waals surface area contributed by atoms with Gasteiger partial charge >= 0.3 is 0 Å². The molecule has 3 unspecified atom stereocenters. The molecule has 7 nitrogen and oxygen atoms in total. The standard InChI is InChI=1S/C21H34FN3O4/c1-2-3-10-16(18(22)20(27)24-29)21(28)25-14-7-11-17(25)19(26)23-13-12-15-8-5-4-6-9-15/h8,16-18,29H,2-7,9-14H2,1H3,(H,23,26)(H,24,27). The number of allylic oxidation sites excluding steroid dienone is 1. The number of carbonyl (C=O) groups is 3. The van der Waals surface area contributed by atoms with Crippen molar-refractivity contribution in [3.05, 3.63) is 11.6 Å². The summed E-state index contributed by atoms with van der Waals surface area (Å²) in [5, 5.41) is 11.7. The van der Waals surface area contributed by atoms with Gasteiger partial charge in [-0.3, -0.25) is 19.6 Å². The normalized spacial score (nSPS) is 21.3. The molecule has 0 bridgehead atoms. The molecule has 8 heteroatoms. The monoisotopic (exact) mass is 411 g/mol. The van der Waals surface area contributed by atoms with Crippen molar-refractivity contribution in [3.63, 3.8) is 0 Å². The zero-order chi connectivity index (χ0) is 21.2. The molecular formula is C21H34FN3O4. The fourth-order valence-corrected chi connectivity index (χ4v) is 4.18. The van der Waals surface area contributed by atoms with Gasteiger partial charge in [-0.25, -0.2) is 9.87 Å². The molecule has 1 saturated heterocycles. The highest BCUT2D eigenvalue weighted by molar-refractivity contribution is 5.92. The number of carbonyl (C=O) groups excluding carboxylic acids is 3. The number of hydrogen-bond acceptors (Lipinski definition) is 4. The fourth-order valence-electron chi connectivity index (χ4n) is 4.18. The summed E-state index contributed by atoms with van der Waals surface area (Å²) in [6, 6.07) is -0.628. The number of unbranched alkanes of at least 4 members (excludes halogenated alkanes) is 1. The third kappa shape index (κ3) is 6.52. The van der Waals surface area contributed by atoms with Crippen LogP contribution in [0.5, 0.6) is 0 Å². The largest absolute Gasteiger partial charge is 0.354 e. The van der Waals surface area contributed by atoms with Crippen LogP contribution in [0.15, 0.2) is 11.6 Å². The number of hydroxylamine groups is 1. The average Bonchev–Trinajstić information content (AvgIpc) is 3.23. The van der Waals surface area contributed by atoms with Gasteiger partial charge in [-0.15, -0.1) is 0 Å². The van der Waals surface area contributed by atoms with Crippen molar-refractivity contribution in [2.45, 2.75) is 83.3 Å². The molecule has 2 rings (SSSR count).